The Morgan fingerprint density at radius 1 is 1.25 bits per heavy atom. The maximum absolute atomic E-state index is 5.78. The van der Waals surface area contributed by atoms with Crippen molar-refractivity contribution in [3.63, 3.8) is 0 Å². The monoisotopic (exact) mass is 341 g/mol. The molecule has 1 heterocycles. The average Bonchev–Trinajstić information content (AvgIpc) is 2.51. The van der Waals surface area contributed by atoms with E-state index in [9.17, 15) is 0 Å². The van der Waals surface area contributed by atoms with Crippen LogP contribution in [0.25, 0.3) is 0 Å². The van der Waals surface area contributed by atoms with Crippen molar-refractivity contribution >= 4 is 5.96 Å². The lowest BCUT2D eigenvalue weighted by atomic mass is 10.2. The topological polar surface area (TPSA) is 52.1 Å². The molecule has 0 aromatic rings. The molecule has 1 aliphatic rings. The van der Waals surface area contributed by atoms with Crippen LogP contribution >= 0.6 is 0 Å². The quantitative estimate of drug-likeness (QED) is 0.377. The highest BCUT2D eigenvalue weighted by molar-refractivity contribution is 5.79. The fourth-order valence-corrected chi connectivity index (χ4v) is 3.09. The first kappa shape index (κ1) is 21.2. The molecule has 0 saturated carbocycles. The zero-order chi connectivity index (χ0) is 17.9. The summed E-state index contributed by atoms with van der Waals surface area (Å²) in [7, 11) is 2.14. The van der Waals surface area contributed by atoms with Gasteiger partial charge in [-0.3, -0.25) is 9.89 Å². The van der Waals surface area contributed by atoms with Gasteiger partial charge in [0.05, 0.1) is 19.3 Å². The van der Waals surface area contributed by atoms with Crippen LogP contribution in [-0.2, 0) is 4.74 Å². The molecule has 1 aliphatic heterocycles. The second-order valence-electron chi connectivity index (χ2n) is 7.18. The van der Waals surface area contributed by atoms with Gasteiger partial charge < -0.3 is 20.3 Å². The van der Waals surface area contributed by atoms with Gasteiger partial charge in [-0.15, -0.1) is 0 Å². The maximum atomic E-state index is 5.78. The smallest absolute Gasteiger partial charge is 0.191 e. The molecule has 1 rings (SSSR count). The summed E-state index contributed by atoms with van der Waals surface area (Å²) >= 11 is 0. The van der Waals surface area contributed by atoms with Gasteiger partial charge >= 0.3 is 0 Å². The summed E-state index contributed by atoms with van der Waals surface area (Å²) in [5, 5.41) is 6.77. The molecule has 1 atom stereocenters. The van der Waals surface area contributed by atoms with E-state index in [2.05, 4.69) is 67.1 Å². The summed E-state index contributed by atoms with van der Waals surface area (Å²) in [4.78, 5) is 9.51. The Kier molecular flexibility index (Phi) is 10.3. The lowest BCUT2D eigenvalue weighted by Gasteiger charge is -2.30. The minimum absolute atomic E-state index is 0.205. The third kappa shape index (κ3) is 8.31. The molecule has 0 aromatic heterocycles. The number of hydrogen-bond donors (Lipinski definition) is 2. The largest absolute Gasteiger partial charge is 0.374 e. The Hall–Kier alpha value is -0.850. The van der Waals surface area contributed by atoms with Crippen LogP contribution in [0.3, 0.4) is 0 Å². The van der Waals surface area contributed by atoms with Gasteiger partial charge in [0.1, 0.15) is 0 Å². The third-order valence-corrected chi connectivity index (χ3v) is 4.35. The van der Waals surface area contributed by atoms with Gasteiger partial charge in [0.15, 0.2) is 5.96 Å². The lowest BCUT2D eigenvalue weighted by Crippen LogP contribution is -2.43. The molecule has 1 saturated heterocycles. The number of morpholine rings is 1. The zero-order valence-electron chi connectivity index (χ0n) is 16.6. The van der Waals surface area contributed by atoms with Crippen molar-refractivity contribution in [1.29, 1.82) is 0 Å². The molecule has 0 bridgehead atoms. The number of ether oxygens (including phenoxy) is 1. The van der Waals surface area contributed by atoms with Crippen LogP contribution in [0.5, 0.6) is 0 Å². The van der Waals surface area contributed by atoms with Crippen molar-refractivity contribution in [2.75, 3.05) is 52.9 Å². The highest BCUT2D eigenvalue weighted by atomic mass is 16.5. The molecule has 1 unspecified atom stereocenters. The second-order valence-corrected chi connectivity index (χ2v) is 7.18. The van der Waals surface area contributed by atoms with Crippen molar-refractivity contribution in [1.82, 2.24) is 20.4 Å². The Balaban J connectivity index is 2.35. The maximum Gasteiger partial charge on any atom is 0.191 e. The molecule has 142 valence electrons. The number of likely N-dealkylation sites (N-methyl/N-ethyl adjacent to an activating group) is 1. The lowest BCUT2D eigenvalue weighted by molar-refractivity contribution is -0.0136. The van der Waals surface area contributed by atoms with Gasteiger partial charge in [-0.05, 0) is 48.1 Å². The van der Waals surface area contributed by atoms with E-state index in [0.29, 0.717) is 18.6 Å². The van der Waals surface area contributed by atoms with E-state index < -0.39 is 0 Å². The van der Waals surface area contributed by atoms with Gasteiger partial charge in [-0.25, -0.2) is 0 Å². The molecule has 0 spiro atoms. The molecule has 6 heteroatoms. The summed E-state index contributed by atoms with van der Waals surface area (Å²) in [6.45, 7) is 17.6. The Morgan fingerprint density at radius 3 is 2.54 bits per heavy atom. The summed E-state index contributed by atoms with van der Waals surface area (Å²) in [6.07, 6.45) is 1.32. The van der Waals surface area contributed by atoms with Crippen LogP contribution in [0.1, 0.15) is 41.0 Å². The number of aliphatic imine (C=N–C) groups is 1. The van der Waals surface area contributed by atoms with Crippen LogP contribution in [0.4, 0.5) is 0 Å². The van der Waals surface area contributed by atoms with Crippen molar-refractivity contribution in [2.24, 2.45) is 4.99 Å². The van der Waals surface area contributed by atoms with E-state index in [1.807, 2.05) is 0 Å². The second kappa shape index (κ2) is 11.7. The molecular formula is C18H39N5O. The van der Waals surface area contributed by atoms with Gasteiger partial charge in [-0.2, -0.15) is 0 Å². The highest BCUT2D eigenvalue weighted by Gasteiger charge is 2.17. The number of nitrogens with one attached hydrogen (secondary N) is 2. The SMILES string of the molecule is CCNC(=NCC1CN(C)CCO1)NCCCN(C(C)C)C(C)C. The van der Waals surface area contributed by atoms with Crippen LogP contribution < -0.4 is 10.6 Å². The van der Waals surface area contributed by atoms with Crippen molar-refractivity contribution in [3.8, 4) is 0 Å². The van der Waals surface area contributed by atoms with Crippen LogP contribution in [0.15, 0.2) is 4.99 Å². The minimum Gasteiger partial charge on any atom is -0.374 e. The number of guanidine groups is 1. The molecule has 0 aromatic carbocycles. The molecular weight excluding hydrogens is 302 g/mol. The van der Waals surface area contributed by atoms with Crippen molar-refractivity contribution in [3.05, 3.63) is 0 Å². The number of nitrogens with zero attached hydrogens (tertiary/aromatic N) is 3. The first-order valence-corrected chi connectivity index (χ1v) is 9.52. The fourth-order valence-electron chi connectivity index (χ4n) is 3.09. The Bertz CT molecular complexity index is 351. The van der Waals surface area contributed by atoms with E-state index in [4.69, 9.17) is 4.74 Å². The van der Waals surface area contributed by atoms with E-state index in [-0.39, 0.29) is 6.10 Å². The fraction of sp³-hybridized carbons (Fsp3) is 0.944. The first-order valence-electron chi connectivity index (χ1n) is 9.52. The summed E-state index contributed by atoms with van der Waals surface area (Å²) < 4.78 is 5.78. The van der Waals surface area contributed by atoms with Gasteiger partial charge in [0.2, 0.25) is 0 Å². The summed E-state index contributed by atoms with van der Waals surface area (Å²) in [5.41, 5.74) is 0. The van der Waals surface area contributed by atoms with E-state index in [0.717, 1.165) is 51.7 Å². The van der Waals surface area contributed by atoms with Crippen LogP contribution in [0.2, 0.25) is 0 Å². The third-order valence-electron chi connectivity index (χ3n) is 4.35. The van der Waals surface area contributed by atoms with Crippen LogP contribution in [-0.4, -0.2) is 86.9 Å². The molecule has 2 N–H and O–H groups in total. The predicted octanol–water partition coefficient (Wildman–Crippen LogP) is 1.38. The standard InChI is InChI=1S/C18H39N5O/c1-7-19-18(21-13-17-14-22(6)11-12-24-17)20-9-8-10-23(15(2)3)16(4)5/h15-17H,7-14H2,1-6H3,(H2,19,20,21). The van der Waals surface area contributed by atoms with E-state index >= 15 is 0 Å². The van der Waals surface area contributed by atoms with Crippen molar-refractivity contribution < 1.29 is 4.74 Å². The van der Waals surface area contributed by atoms with Gasteiger partial charge in [0.25, 0.3) is 0 Å². The normalized spacial score (nSPS) is 20.2. The highest BCUT2D eigenvalue weighted by Crippen LogP contribution is 2.05. The van der Waals surface area contributed by atoms with E-state index in [1.54, 1.807) is 0 Å². The minimum atomic E-state index is 0.205. The average molecular weight is 342 g/mol. The number of hydrogen-bond acceptors (Lipinski definition) is 4. The molecule has 0 aliphatic carbocycles. The molecule has 0 amide bonds. The van der Waals surface area contributed by atoms with Crippen molar-refractivity contribution in [2.45, 2.75) is 59.2 Å². The zero-order valence-corrected chi connectivity index (χ0v) is 16.6. The van der Waals surface area contributed by atoms with Crippen LogP contribution in [0, 0.1) is 0 Å². The molecule has 0 radical (unpaired) electrons. The molecule has 1 fully saturated rings. The first-order chi connectivity index (χ1) is 11.4. The summed E-state index contributed by atoms with van der Waals surface area (Å²) in [6, 6.07) is 1.18. The van der Waals surface area contributed by atoms with E-state index in [1.165, 1.54) is 0 Å². The van der Waals surface area contributed by atoms with Gasteiger partial charge in [0, 0.05) is 44.8 Å². The molecule has 24 heavy (non-hydrogen) atoms. The summed E-state index contributed by atoms with van der Waals surface area (Å²) in [5.74, 6) is 0.898. The van der Waals surface area contributed by atoms with Gasteiger partial charge in [-0.1, -0.05) is 0 Å². The number of rotatable bonds is 9. The predicted molar refractivity (Wildman–Crippen MR) is 103 cm³/mol. The Morgan fingerprint density at radius 2 is 1.96 bits per heavy atom. The molecule has 6 nitrogen and oxygen atoms in total. The Labute approximate surface area is 149 Å².